The van der Waals surface area contributed by atoms with Crippen molar-refractivity contribution in [2.45, 2.75) is 38.2 Å². The van der Waals surface area contributed by atoms with Crippen LogP contribution in [0, 0.1) is 11.3 Å². The van der Waals surface area contributed by atoms with Crippen LogP contribution in [0.3, 0.4) is 0 Å². The van der Waals surface area contributed by atoms with E-state index in [0.717, 1.165) is 38.7 Å². The zero-order valence-electron chi connectivity index (χ0n) is 13.8. The van der Waals surface area contributed by atoms with E-state index in [0.29, 0.717) is 25.6 Å². The molecule has 0 spiro atoms. The average molecular weight is 345 g/mol. The first-order chi connectivity index (χ1) is 10.9. The number of ether oxygens (including phenoxy) is 2. The second kappa shape index (κ2) is 6.69. The van der Waals surface area contributed by atoms with Gasteiger partial charge in [-0.05, 0) is 38.0 Å². The first-order valence-corrected chi connectivity index (χ1v) is 10.6. The molecule has 3 fully saturated rings. The van der Waals surface area contributed by atoms with Gasteiger partial charge in [0.15, 0.2) is 9.84 Å². The van der Waals surface area contributed by atoms with Gasteiger partial charge in [-0.3, -0.25) is 4.79 Å². The van der Waals surface area contributed by atoms with E-state index in [1.165, 1.54) is 12.8 Å². The summed E-state index contributed by atoms with van der Waals surface area (Å²) in [6, 6.07) is 0. The molecule has 1 aliphatic carbocycles. The summed E-state index contributed by atoms with van der Waals surface area (Å²) in [5.74, 6) is 0.0105. The number of nitrogens with zero attached hydrogens (tertiary/aromatic N) is 1. The molecule has 132 valence electrons. The van der Waals surface area contributed by atoms with Crippen molar-refractivity contribution in [1.82, 2.24) is 4.90 Å². The van der Waals surface area contributed by atoms with Crippen LogP contribution in [0.15, 0.2) is 0 Å². The maximum Gasteiger partial charge on any atom is 0.237 e. The maximum atomic E-state index is 12.3. The van der Waals surface area contributed by atoms with Crippen LogP contribution in [0.25, 0.3) is 0 Å². The number of sulfone groups is 1. The highest BCUT2D eigenvalue weighted by atomic mass is 32.2. The molecule has 0 aromatic carbocycles. The van der Waals surface area contributed by atoms with Gasteiger partial charge in [0.05, 0.1) is 12.7 Å². The predicted octanol–water partition coefficient (Wildman–Crippen LogP) is 0.855. The van der Waals surface area contributed by atoms with Crippen LogP contribution >= 0.6 is 0 Å². The summed E-state index contributed by atoms with van der Waals surface area (Å²) in [7, 11) is -3.30. The number of likely N-dealkylation sites (tertiary alicyclic amines) is 1. The van der Waals surface area contributed by atoms with Crippen LogP contribution in [0.4, 0.5) is 0 Å². The lowest BCUT2D eigenvalue weighted by Gasteiger charge is -2.50. The molecule has 1 saturated carbocycles. The monoisotopic (exact) mass is 345 g/mol. The minimum atomic E-state index is -3.30. The van der Waals surface area contributed by atoms with Crippen LogP contribution in [-0.2, 0) is 24.1 Å². The highest BCUT2D eigenvalue weighted by molar-refractivity contribution is 7.91. The van der Waals surface area contributed by atoms with E-state index in [4.69, 9.17) is 9.47 Å². The lowest BCUT2D eigenvalue weighted by molar-refractivity contribution is -0.163. The molecule has 2 heterocycles. The Morgan fingerprint density at radius 2 is 2.13 bits per heavy atom. The predicted molar refractivity (Wildman–Crippen MR) is 85.9 cm³/mol. The fourth-order valence-corrected chi connectivity index (χ4v) is 4.37. The van der Waals surface area contributed by atoms with E-state index in [2.05, 4.69) is 0 Å². The Labute approximate surface area is 138 Å². The standard InChI is InChI=1S/C16H27NO5S/c1-23(19,20)10-15(18)17-7-5-14-16(11-17,6-2-8-22-14)12-21-9-13-3-4-13/h13-14H,2-12H2,1H3/t14-,16-/m0/s1. The molecule has 0 unspecified atom stereocenters. The van der Waals surface area contributed by atoms with Gasteiger partial charge in [0.1, 0.15) is 5.75 Å². The maximum absolute atomic E-state index is 12.3. The average Bonchev–Trinajstić information content (AvgIpc) is 3.29. The van der Waals surface area contributed by atoms with Gasteiger partial charge in [-0.2, -0.15) is 0 Å². The highest BCUT2D eigenvalue weighted by Crippen LogP contribution is 2.41. The number of amides is 1. The normalized spacial score (nSPS) is 31.7. The molecular weight excluding hydrogens is 318 g/mol. The first-order valence-electron chi connectivity index (χ1n) is 8.53. The van der Waals surface area contributed by atoms with Crippen LogP contribution < -0.4 is 0 Å². The van der Waals surface area contributed by atoms with E-state index in [1.54, 1.807) is 4.90 Å². The smallest absolute Gasteiger partial charge is 0.237 e. The number of piperidine rings is 1. The Kier molecular flexibility index (Phi) is 4.99. The van der Waals surface area contributed by atoms with Gasteiger partial charge in [0.25, 0.3) is 0 Å². The molecule has 0 aromatic rings. The van der Waals surface area contributed by atoms with Gasteiger partial charge < -0.3 is 14.4 Å². The number of fused-ring (bicyclic) bond motifs is 1. The van der Waals surface area contributed by atoms with Crippen molar-refractivity contribution in [3.63, 3.8) is 0 Å². The van der Waals surface area contributed by atoms with Crippen LogP contribution in [0.2, 0.25) is 0 Å². The van der Waals surface area contributed by atoms with Crippen molar-refractivity contribution < 1.29 is 22.7 Å². The minimum Gasteiger partial charge on any atom is -0.380 e. The van der Waals surface area contributed by atoms with Gasteiger partial charge in [-0.1, -0.05) is 0 Å². The Hall–Kier alpha value is -0.660. The van der Waals surface area contributed by atoms with Crippen molar-refractivity contribution in [3.05, 3.63) is 0 Å². The van der Waals surface area contributed by atoms with Crippen molar-refractivity contribution in [2.75, 3.05) is 44.9 Å². The SMILES string of the molecule is CS(=O)(=O)CC(=O)N1CC[C@@H]2OCCC[C@@]2(COCC2CC2)C1. The third-order valence-electron chi connectivity index (χ3n) is 5.17. The first kappa shape index (κ1) is 17.2. The van der Waals surface area contributed by atoms with E-state index < -0.39 is 15.6 Å². The number of hydrogen-bond acceptors (Lipinski definition) is 5. The fourth-order valence-electron chi connectivity index (χ4n) is 3.74. The summed E-state index contributed by atoms with van der Waals surface area (Å²) < 4.78 is 34.7. The Morgan fingerprint density at radius 1 is 1.35 bits per heavy atom. The molecule has 0 bridgehead atoms. The van der Waals surface area contributed by atoms with Crippen LogP contribution in [0.1, 0.15) is 32.1 Å². The van der Waals surface area contributed by atoms with E-state index in [-0.39, 0.29) is 17.4 Å². The molecule has 2 aliphatic heterocycles. The minimum absolute atomic E-state index is 0.123. The zero-order chi connectivity index (χ0) is 16.5. The second-order valence-electron chi connectivity index (χ2n) is 7.46. The Morgan fingerprint density at radius 3 is 2.83 bits per heavy atom. The zero-order valence-corrected chi connectivity index (χ0v) is 14.6. The van der Waals surface area contributed by atoms with Crippen molar-refractivity contribution in [2.24, 2.45) is 11.3 Å². The third kappa shape index (κ3) is 4.45. The summed E-state index contributed by atoms with van der Waals surface area (Å²) in [6.45, 7) is 3.30. The quantitative estimate of drug-likeness (QED) is 0.714. The molecular formula is C16H27NO5S. The van der Waals surface area contributed by atoms with Crippen molar-refractivity contribution in [3.8, 4) is 0 Å². The van der Waals surface area contributed by atoms with Crippen LogP contribution in [0.5, 0.6) is 0 Å². The number of carbonyl (C=O) groups is 1. The molecule has 2 atom stereocenters. The topological polar surface area (TPSA) is 72.9 Å². The summed E-state index contributed by atoms with van der Waals surface area (Å²) in [4.78, 5) is 14.0. The fraction of sp³-hybridized carbons (Fsp3) is 0.938. The largest absolute Gasteiger partial charge is 0.380 e. The molecule has 3 rings (SSSR count). The Bertz CT molecular complexity index is 545. The summed E-state index contributed by atoms with van der Waals surface area (Å²) in [5, 5.41) is 0. The molecule has 3 aliphatic rings. The summed E-state index contributed by atoms with van der Waals surface area (Å²) >= 11 is 0. The van der Waals surface area contributed by atoms with E-state index in [1.807, 2.05) is 0 Å². The molecule has 2 saturated heterocycles. The molecule has 7 heteroatoms. The third-order valence-corrected chi connectivity index (χ3v) is 5.94. The molecule has 0 N–H and O–H groups in total. The van der Waals surface area contributed by atoms with Gasteiger partial charge in [0, 0.05) is 38.0 Å². The number of rotatable bonds is 6. The molecule has 6 nitrogen and oxygen atoms in total. The van der Waals surface area contributed by atoms with Crippen molar-refractivity contribution in [1.29, 1.82) is 0 Å². The lowest BCUT2D eigenvalue weighted by atomic mass is 9.73. The molecule has 0 aromatic heterocycles. The van der Waals surface area contributed by atoms with Crippen molar-refractivity contribution >= 4 is 15.7 Å². The highest BCUT2D eigenvalue weighted by Gasteiger charge is 2.47. The Balaban J connectivity index is 1.65. The van der Waals surface area contributed by atoms with E-state index >= 15 is 0 Å². The van der Waals surface area contributed by atoms with Gasteiger partial charge in [0.2, 0.25) is 5.91 Å². The number of carbonyl (C=O) groups excluding carboxylic acids is 1. The molecule has 0 radical (unpaired) electrons. The van der Waals surface area contributed by atoms with Gasteiger partial charge >= 0.3 is 0 Å². The molecule has 23 heavy (non-hydrogen) atoms. The summed E-state index contributed by atoms with van der Waals surface area (Å²) in [5.41, 5.74) is -0.168. The van der Waals surface area contributed by atoms with E-state index in [9.17, 15) is 13.2 Å². The van der Waals surface area contributed by atoms with Gasteiger partial charge in [-0.25, -0.2) is 8.42 Å². The molecule has 1 amide bonds. The second-order valence-corrected chi connectivity index (χ2v) is 9.60. The number of hydrogen-bond donors (Lipinski definition) is 0. The van der Waals surface area contributed by atoms with Crippen LogP contribution in [-0.4, -0.2) is 70.2 Å². The summed E-state index contributed by atoms with van der Waals surface area (Å²) in [6.07, 6.45) is 6.45. The lowest BCUT2D eigenvalue weighted by Crippen LogP contribution is -2.58. The van der Waals surface area contributed by atoms with Gasteiger partial charge in [-0.15, -0.1) is 0 Å².